The van der Waals surface area contributed by atoms with E-state index in [1.54, 1.807) is 0 Å². The molecule has 1 N–H and O–H groups in total. The van der Waals surface area contributed by atoms with Crippen LogP contribution >= 0.6 is 0 Å². The van der Waals surface area contributed by atoms with Gasteiger partial charge in [-0.1, -0.05) is 13.8 Å². The third-order valence-electron chi connectivity index (χ3n) is 3.84. The molecule has 1 heterocycles. The summed E-state index contributed by atoms with van der Waals surface area (Å²) in [6, 6.07) is 0. The number of alkyl carbamates (subject to hydrolysis) is 1. The summed E-state index contributed by atoms with van der Waals surface area (Å²) in [6.07, 6.45) is 2.11. The molecular formula is C16H30N2O3. The number of nitrogens with zero attached hydrogens (tertiary/aromatic N) is 1. The highest BCUT2D eigenvalue weighted by Gasteiger charge is 2.29. The van der Waals surface area contributed by atoms with Gasteiger partial charge >= 0.3 is 6.09 Å². The molecule has 1 saturated heterocycles. The number of amides is 2. The lowest BCUT2D eigenvalue weighted by molar-refractivity contribution is -0.133. The van der Waals surface area contributed by atoms with E-state index in [2.05, 4.69) is 12.2 Å². The Balaban J connectivity index is 2.45. The Morgan fingerprint density at radius 2 is 2.00 bits per heavy atom. The standard InChI is InChI=1S/C16H30N2O3/c1-6-7-14(19)18-9-8-12(2)13(11-18)10-17-15(20)21-16(3,4)5/h12-13H,6-11H2,1-5H3,(H,17,20)/t12-,13+/m0/s1. The molecule has 5 heteroatoms. The molecule has 2 amide bonds. The fraction of sp³-hybridized carbons (Fsp3) is 0.875. The predicted molar refractivity (Wildman–Crippen MR) is 83.0 cm³/mol. The Kier molecular flexibility index (Phi) is 6.49. The third kappa shape index (κ3) is 6.36. The average Bonchev–Trinajstić information content (AvgIpc) is 2.36. The number of piperidine rings is 1. The Morgan fingerprint density at radius 1 is 1.33 bits per heavy atom. The van der Waals surface area contributed by atoms with E-state index >= 15 is 0 Å². The molecule has 21 heavy (non-hydrogen) atoms. The molecule has 0 aromatic rings. The van der Waals surface area contributed by atoms with Crippen molar-refractivity contribution in [1.82, 2.24) is 10.2 Å². The van der Waals surface area contributed by atoms with E-state index in [-0.39, 0.29) is 12.0 Å². The van der Waals surface area contributed by atoms with Gasteiger partial charge in [0, 0.05) is 26.1 Å². The molecule has 1 rings (SSSR count). The summed E-state index contributed by atoms with van der Waals surface area (Å²) in [5.74, 6) is 1.03. The molecule has 0 radical (unpaired) electrons. The minimum Gasteiger partial charge on any atom is -0.444 e. The number of carbonyl (C=O) groups excluding carboxylic acids is 2. The molecule has 1 aliphatic rings. The maximum atomic E-state index is 12.0. The van der Waals surface area contributed by atoms with Gasteiger partial charge in [0.05, 0.1) is 0 Å². The summed E-state index contributed by atoms with van der Waals surface area (Å²) in [5, 5.41) is 2.83. The zero-order chi connectivity index (χ0) is 16.0. The van der Waals surface area contributed by atoms with Gasteiger partial charge in [0.2, 0.25) is 5.91 Å². The van der Waals surface area contributed by atoms with Crippen molar-refractivity contribution < 1.29 is 14.3 Å². The first-order chi connectivity index (χ1) is 9.73. The summed E-state index contributed by atoms with van der Waals surface area (Å²) in [7, 11) is 0. The van der Waals surface area contributed by atoms with Crippen LogP contribution in [0.2, 0.25) is 0 Å². The number of carbonyl (C=O) groups is 2. The maximum Gasteiger partial charge on any atom is 0.407 e. The second-order valence-electron chi connectivity index (χ2n) is 7.00. The quantitative estimate of drug-likeness (QED) is 0.868. The monoisotopic (exact) mass is 298 g/mol. The maximum absolute atomic E-state index is 12.0. The third-order valence-corrected chi connectivity index (χ3v) is 3.84. The second-order valence-corrected chi connectivity index (χ2v) is 7.00. The van der Waals surface area contributed by atoms with Crippen LogP contribution in [0.25, 0.3) is 0 Å². The van der Waals surface area contributed by atoms with Crippen LogP contribution in [0.5, 0.6) is 0 Å². The highest BCUT2D eigenvalue weighted by Crippen LogP contribution is 2.23. The molecule has 0 saturated carbocycles. The van der Waals surface area contributed by atoms with E-state index in [1.165, 1.54) is 0 Å². The Hall–Kier alpha value is -1.26. The summed E-state index contributed by atoms with van der Waals surface area (Å²) in [5.41, 5.74) is -0.481. The van der Waals surface area contributed by atoms with Gasteiger partial charge in [-0.2, -0.15) is 0 Å². The number of hydrogen-bond donors (Lipinski definition) is 1. The van der Waals surface area contributed by atoms with Crippen molar-refractivity contribution in [2.75, 3.05) is 19.6 Å². The van der Waals surface area contributed by atoms with Gasteiger partial charge in [0.25, 0.3) is 0 Å². The number of hydrogen-bond acceptors (Lipinski definition) is 3. The average molecular weight is 298 g/mol. The van der Waals surface area contributed by atoms with Gasteiger partial charge in [0.15, 0.2) is 0 Å². The van der Waals surface area contributed by atoms with Crippen LogP contribution in [0, 0.1) is 11.8 Å². The van der Waals surface area contributed by atoms with Crippen molar-refractivity contribution in [2.24, 2.45) is 11.8 Å². The van der Waals surface area contributed by atoms with E-state index < -0.39 is 5.60 Å². The van der Waals surface area contributed by atoms with Crippen molar-refractivity contribution in [3.8, 4) is 0 Å². The van der Waals surface area contributed by atoms with Gasteiger partial charge in [-0.25, -0.2) is 4.79 Å². The van der Waals surface area contributed by atoms with Gasteiger partial charge in [-0.15, -0.1) is 0 Å². The molecular weight excluding hydrogens is 268 g/mol. The number of rotatable bonds is 4. The SMILES string of the molecule is CCCC(=O)N1CC[C@H](C)[C@H](CNC(=O)OC(C)(C)C)C1. The predicted octanol–water partition coefficient (Wildman–Crippen LogP) is 2.80. The van der Waals surface area contributed by atoms with E-state index in [4.69, 9.17) is 4.74 Å². The van der Waals surface area contributed by atoms with Crippen LogP contribution in [0.4, 0.5) is 4.79 Å². The lowest BCUT2D eigenvalue weighted by atomic mass is 9.87. The summed E-state index contributed by atoms with van der Waals surface area (Å²) >= 11 is 0. The van der Waals surface area contributed by atoms with Gasteiger partial charge in [-0.05, 0) is 45.4 Å². The minimum absolute atomic E-state index is 0.228. The first-order valence-corrected chi connectivity index (χ1v) is 7.97. The van der Waals surface area contributed by atoms with Crippen molar-refractivity contribution >= 4 is 12.0 Å². The summed E-state index contributed by atoms with van der Waals surface area (Å²) in [6.45, 7) is 11.9. The normalized spacial score (nSPS) is 22.8. The summed E-state index contributed by atoms with van der Waals surface area (Å²) in [4.78, 5) is 25.6. The van der Waals surface area contributed by atoms with Crippen molar-refractivity contribution in [3.63, 3.8) is 0 Å². The number of ether oxygens (including phenoxy) is 1. The molecule has 0 aromatic carbocycles. The van der Waals surface area contributed by atoms with Gasteiger partial charge < -0.3 is 15.0 Å². The molecule has 2 atom stereocenters. The molecule has 0 aromatic heterocycles. The summed E-state index contributed by atoms with van der Waals surface area (Å²) < 4.78 is 5.25. The minimum atomic E-state index is -0.481. The first-order valence-electron chi connectivity index (χ1n) is 7.97. The zero-order valence-electron chi connectivity index (χ0n) is 14.1. The Labute approximate surface area is 128 Å². The van der Waals surface area contributed by atoms with E-state index in [1.807, 2.05) is 32.6 Å². The molecule has 1 aliphatic heterocycles. The Bertz CT molecular complexity index is 363. The zero-order valence-corrected chi connectivity index (χ0v) is 14.1. The van der Waals surface area contributed by atoms with Crippen LogP contribution in [0.3, 0.4) is 0 Å². The van der Waals surface area contributed by atoms with Crippen LogP contribution in [0.1, 0.15) is 53.9 Å². The first kappa shape index (κ1) is 17.8. The molecule has 0 spiro atoms. The largest absolute Gasteiger partial charge is 0.444 e. The van der Waals surface area contributed by atoms with Gasteiger partial charge in [-0.3, -0.25) is 4.79 Å². The van der Waals surface area contributed by atoms with Crippen molar-refractivity contribution in [2.45, 2.75) is 59.5 Å². The second kappa shape index (κ2) is 7.66. The smallest absolute Gasteiger partial charge is 0.407 e. The number of nitrogens with one attached hydrogen (secondary N) is 1. The van der Waals surface area contributed by atoms with Crippen LogP contribution < -0.4 is 5.32 Å². The molecule has 0 unspecified atom stereocenters. The van der Waals surface area contributed by atoms with Crippen molar-refractivity contribution in [3.05, 3.63) is 0 Å². The van der Waals surface area contributed by atoms with Crippen LogP contribution in [0.15, 0.2) is 0 Å². The fourth-order valence-corrected chi connectivity index (χ4v) is 2.54. The van der Waals surface area contributed by atoms with Crippen molar-refractivity contribution in [1.29, 1.82) is 0 Å². The molecule has 122 valence electrons. The molecule has 0 bridgehead atoms. The van der Waals surface area contributed by atoms with E-state index in [0.717, 1.165) is 25.9 Å². The lowest BCUT2D eigenvalue weighted by Crippen LogP contribution is -2.47. The fourth-order valence-electron chi connectivity index (χ4n) is 2.54. The molecule has 5 nitrogen and oxygen atoms in total. The molecule has 1 fully saturated rings. The highest BCUT2D eigenvalue weighted by molar-refractivity contribution is 5.76. The lowest BCUT2D eigenvalue weighted by Gasteiger charge is -2.37. The van der Waals surface area contributed by atoms with Gasteiger partial charge in [0.1, 0.15) is 5.60 Å². The van der Waals surface area contributed by atoms with Crippen LogP contribution in [-0.4, -0.2) is 42.1 Å². The van der Waals surface area contributed by atoms with E-state index in [0.29, 0.717) is 24.8 Å². The highest BCUT2D eigenvalue weighted by atomic mass is 16.6. The Morgan fingerprint density at radius 3 is 2.57 bits per heavy atom. The number of likely N-dealkylation sites (tertiary alicyclic amines) is 1. The van der Waals surface area contributed by atoms with E-state index in [9.17, 15) is 9.59 Å². The van der Waals surface area contributed by atoms with Crippen LogP contribution in [-0.2, 0) is 9.53 Å². The molecule has 0 aliphatic carbocycles. The topological polar surface area (TPSA) is 58.6 Å².